The molecule has 0 bridgehead atoms. The number of amides is 2. The molecule has 2 aromatic carbocycles. The topological polar surface area (TPSA) is 93.2 Å². The lowest BCUT2D eigenvalue weighted by Crippen LogP contribution is -2.36. The first-order valence-electron chi connectivity index (χ1n) is 10.8. The van der Waals surface area contributed by atoms with Gasteiger partial charge in [-0.2, -0.15) is 0 Å². The van der Waals surface area contributed by atoms with Crippen molar-refractivity contribution >= 4 is 28.8 Å². The maximum Gasteiger partial charge on any atom is 0.286 e. The zero-order chi connectivity index (χ0) is 22.3. The molecule has 1 aromatic heterocycles. The van der Waals surface area contributed by atoms with E-state index in [2.05, 4.69) is 20.8 Å². The summed E-state index contributed by atoms with van der Waals surface area (Å²) < 4.78 is 5.76. The van der Waals surface area contributed by atoms with Gasteiger partial charge in [0.1, 0.15) is 12.4 Å². The number of hydrogen-bond acceptors (Lipinski definition) is 6. The Balaban J connectivity index is 1.30. The molecular formula is C24H26N4O3S. The molecular weight excluding hydrogens is 424 g/mol. The maximum absolute atomic E-state index is 12.5. The minimum atomic E-state index is -0.343. The number of aromatic nitrogens is 2. The highest BCUT2D eigenvalue weighted by molar-refractivity contribution is 7.13. The lowest BCUT2D eigenvalue weighted by Gasteiger charge is -2.22. The molecule has 1 fully saturated rings. The Bertz CT molecular complexity index is 1070. The van der Waals surface area contributed by atoms with Crippen molar-refractivity contribution in [3.8, 4) is 5.75 Å². The largest absolute Gasteiger partial charge is 0.486 e. The number of nitrogens with one attached hydrogen (secondary N) is 2. The Labute approximate surface area is 191 Å². The number of anilines is 1. The number of carbonyl (C=O) groups excluding carboxylic acids is 2. The van der Waals surface area contributed by atoms with Crippen LogP contribution in [0.5, 0.6) is 5.75 Å². The van der Waals surface area contributed by atoms with Crippen molar-refractivity contribution < 1.29 is 14.3 Å². The van der Waals surface area contributed by atoms with Crippen LogP contribution in [0.15, 0.2) is 48.5 Å². The van der Waals surface area contributed by atoms with Gasteiger partial charge in [-0.05, 0) is 55.7 Å². The van der Waals surface area contributed by atoms with Gasteiger partial charge < -0.3 is 15.4 Å². The van der Waals surface area contributed by atoms with Crippen LogP contribution in [0.4, 0.5) is 5.69 Å². The molecule has 0 radical (unpaired) electrons. The molecule has 0 aliphatic heterocycles. The molecule has 32 heavy (non-hydrogen) atoms. The zero-order valence-electron chi connectivity index (χ0n) is 18.0. The van der Waals surface area contributed by atoms with Gasteiger partial charge in [0.05, 0.1) is 0 Å². The van der Waals surface area contributed by atoms with Gasteiger partial charge in [-0.3, -0.25) is 9.59 Å². The third-order valence-corrected chi connectivity index (χ3v) is 6.35. The third kappa shape index (κ3) is 5.70. The smallest absolute Gasteiger partial charge is 0.286 e. The summed E-state index contributed by atoms with van der Waals surface area (Å²) in [6.07, 6.45) is 5.67. The minimum Gasteiger partial charge on any atom is -0.486 e. The zero-order valence-corrected chi connectivity index (χ0v) is 18.8. The Morgan fingerprint density at radius 3 is 2.50 bits per heavy atom. The van der Waals surface area contributed by atoms with Crippen LogP contribution < -0.4 is 15.4 Å². The molecule has 1 aliphatic carbocycles. The number of para-hydroxylation sites is 1. The van der Waals surface area contributed by atoms with E-state index in [1.807, 2.05) is 31.2 Å². The van der Waals surface area contributed by atoms with Gasteiger partial charge in [0.15, 0.2) is 5.01 Å². The van der Waals surface area contributed by atoms with E-state index in [-0.39, 0.29) is 29.5 Å². The normalized spacial score (nSPS) is 14.0. The van der Waals surface area contributed by atoms with Crippen LogP contribution in [0, 0.1) is 6.92 Å². The summed E-state index contributed by atoms with van der Waals surface area (Å²) in [5.41, 5.74) is 2.21. The number of hydrogen-bond donors (Lipinski definition) is 2. The van der Waals surface area contributed by atoms with Crippen LogP contribution in [0.3, 0.4) is 0 Å². The highest BCUT2D eigenvalue weighted by Crippen LogP contribution is 2.21. The summed E-state index contributed by atoms with van der Waals surface area (Å²) in [6, 6.07) is 14.9. The molecule has 0 unspecified atom stereocenters. The molecule has 166 valence electrons. The highest BCUT2D eigenvalue weighted by atomic mass is 32.1. The first-order chi connectivity index (χ1) is 15.6. The van der Waals surface area contributed by atoms with E-state index in [0.717, 1.165) is 24.2 Å². The Hall–Kier alpha value is -3.26. The van der Waals surface area contributed by atoms with Gasteiger partial charge in [0, 0.05) is 17.3 Å². The van der Waals surface area contributed by atoms with Gasteiger partial charge in [-0.25, -0.2) is 0 Å². The van der Waals surface area contributed by atoms with Crippen LogP contribution in [0.2, 0.25) is 0 Å². The van der Waals surface area contributed by atoms with E-state index in [1.165, 1.54) is 30.6 Å². The quantitative estimate of drug-likeness (QED) is 0.542. The monoisotopic (exact) mass is 450 g/mol. The fourth-order valence-electron chi connectivity index (χ4n) is 3.67. The predicted molar refractivity (Wildman–Crippen MR) is 124 cm³/mol. The third-order valence-electron chi connectivity index (χ3n) is 5.45. The molecule has 4 rings (SSSR count). The maximum atomic E-state index is 12.5. The second-order valence-electron chi connectivity index (χ2n) is 7.89. The van der Waals surface area contributed by atoms with E-state index in [1.54, 1.807) is 24.3 Å². The molecule has 1 aliphatic rings. The van der Waals surface area contributed by atoms with Gasteiger partial charge in [-0.1, -0.05) is 48.8 Å². The van der Waals surface area contributed by atoms with Gasteiger partial charge in [0.25, 0.3) is 11.8 Å². The summed E-state index contributed by atoms with van der Waals surface area (Å²) in [5, 5.41) is 14.8. The van der Waals surface area contributed by atoms with Gasteiger partial charge in [0.2, 0.25) is 5.01 Å². The molecule has 2 amide bonds. The number of benzene rings is 2. The highest BCUT2D eigenvalue weighted by Gasteiger charge is 2.17. The summed E-state index contributed by atoms with van der Waals surface area (Å²) in [4.78, 5) is 24.9. The van der Waals surface area contributed by atoms with Crippen LogP contribution in [0.1, 0.15) is 62.8 Å². The van der Waals surface area contributed by atoms with Gasteiger partial charge >= 0.3 is 0 Å². The SMILES string of the molecule is Cc1ccccc1OCc1nnc(C(=O)Nc2ccc(C(=O)NC3CCCCC3)cc2)s1. The van der Waals surface area contributed by atoms with Crippen molar-refractivity contribution in [3.05, 3.63) is 69.7 Å². The number of rotatable bonds is 7. The first kappa shape index (κ1) is 22.0. The van der Waals surface area contributed by atoms with Crippen LogP contribution >= 0.6 is 11.3 Å². The van der Waals surface area contributed by atoms with E-state index in [9.17, 15) is 9.59 Å². The van der Waals surface area contributed by atoms with E-state index < -0.39 is 0 Å². The average Bonchev–Trinajstić information content (AvgIpc) is 3.29. The van der Waals surface area contributed by atoms with Crippen LogP contribution in [0.25, 0.3) is 0 Å². The number of ether oxygens (including phenoxy) is 1. The molecule has 3 aromatic rings. The van der Waals surface area contributed by atoms with Crippen molar-refractivity contribution in [1.29, 1.82) is 0 Å². The molecule has 0 atom stereocenters. The molecule has 0 saturated heterocycles. The molecule has 0 spiro atoms. The average molecular weight is 451 g/mol. The summed E-state index contributed by atoms with van der Waals surface area (Å²) in [7, 11) is 0. The molecule has 1 heterocycles. The number of aryl methyl sites for hydroxylation is 1. The Morgan fingerprint density at radius 2 is 1.75 bits per heavy atom. The van der Waals surface area contributed by atoms with Crippen LogP contribution in [-0.2, 0) is 6.61 Å². The Morgan fingerprint density at radius 1 is 1.00 bits per heavy atom. The summed E-state index contributed by atoms with van der Waals surface area (Å²) >= 11 is 1.19. The lowest BCUT2D eigenvalue weighted by atomic mass is 9.95. The van der Waals surface area contributed by atoms with Crippen molar-refractivity contribution in [2.45, 2.75) is 51.7 Å². The molecule has 8 heteroatoms. The van der Waals surface area contributed by atoms with Crippen LogP contribution in [-0.4, -0.2) is 28.1 Å². The summed E-state index contributed by atoms with van der Waals surface area (Å²) in [6.45, 7) is 2.22. The lowest BCUT2D eigenvalue weighted by molar-refractivity contribution is 0.0927. The first-order valence-corrected chi connectivity index (χ1v) is 11.6. The van der Waals surface area contributed by atoms with Crippen molar-refractivity contribution in [2.75, 3.05) is 5.32 Å². The second kappa shape index (κ2) is 10.4. The second-order valence-corrected chi connectivity index (χ2v) is 8.96. The van der Waals surface area contributed by atoms with E-state index in [0.29, 0.717) is 16.3 Å². The fourth-order valence-corrected chi connectivity index (χ4v) is 4.31. The van der Waals surface area contributed by atoms with E-state index >= 15 is 0 Å². The van der Waals surface area contributed by atoms with Gasteiger partial charge in [-0.15, -0.1) is 10.2 Å². The molecule has 2 N–H and O–H groups in total. The predicted octanol–water partition coefficient (Wildman–Crippen LogP) is 4.74. The minimum absolute atomic E-state index is 0.0720. The number of carbonyl (C=O) groups is 2. The fraction of sp³-hybridized carbons (Fsp3) is 0.333. The van der Waals surface area contributed by atoms with Crippen molar-refractivity contribution in [1.82, 2.24) is 15.5 Å². The molecule has 1 saturated carbocycles. The number of nitrogens with zero attached hydrogens (tertiary/aromatic N) is 2. The molecule has 7 nitrogen and oxygen atoms in total. The van der Waals surface area contributed by atoms with E-state index in [4.69, 9.17) is 4.74 Å². The standard InChI is InChI=1S/C24H26N4O3S/c1-16-7-5-6-10-20(16)31-15-21-27-28-24(32-21)23(30)26-19-13-11-17(12-14-19)22(29)25-18-8-3-2-4-9-18/h5-7,10-14,18H,2-4,8-9,15H2,1H3,(H,25,29)(H,26,30). The Kier molecular flexibility index (Phi) is 7.11. The summed E-state index contributed by atoms with van der Waals surface area (Å²) in [5.74, 6) is 0.363. The van der Waals surface area contributed by atoms with Crippen molar-refractivity contribution in [2.24, 2.45) is 0 Å². The van der Waals surface area contributed by atoms with Crippen molar-refractivity contribution in [3.63, 3.8) is 0 Å².